The maximum atomic E-state index is 12.9. The van der Waals surface area contributed by atoms with Crippen molar-refractivity contribution in [2.45, 2.75) is 104 Å². The summed E-state index contributed by atoms with van der Waals surface area (Å²) in [7, 11) is 0. The first kappa shape index (κ1) is 49.0. The van der Waals surface area contributed by atoms with Gasteiger partial charge in [-0.25, -0.2) is 0 Å². The predicted molar refractivity (Wildman–Crippen MR) is 244 cm³/mol. The number of carbonyl (C=O) groups is 4. The Bertz CT molecular complexity index is 1590. The van der Waals surface area contributed by atoms with E-state index in [-0.39, 0.29) is 48.3 Å². The van der Waals surface area contributed by atoms with Crippen LogP contribution in [0.1, 0.15) is 112 Å². The average molecular weight is 879 g/mol. The van der Waals surface area contributed by atoms with Crippen LogP contribution in [0.3, 0.4) is 0 Å². The van der Waals surface area contributed by atoms with E-state index in [4.69, 9.17) is 13.6 Å². The van der Waals surface area contributed by atoms with Crippen LogP contribution in [-0.2, 0) is 27.4 Å². The Hall–Kier alpha value is -3.44. The van der Waals surface area contributed by atoms with Crippen molar-refractivity contribution in [3.05, 3.63) is 47.3 Å². The van der Waals surface area contributed by atoms with E-state index in [0.717, 1.165) is 168 Å². The number of ketones is 2. The number of carbonyl (C=O) groups excluding carboxylic acids is 4. The Morgan fingerprint density at radius 2 is 0.968 bits per heavy atom. The van der Waals surface area contributed by atoms with E-state index in [2.05, 4.69) is 30.2 Å². The lowest BCUT2D eigenvalue weighted by Gasteiger charge is -2.37. The number of hydrogen-bond acceptors (Lipinski definition) is 13. The summed E-state index contributed by atoms with van der Waals surface area (Å²) in [5.74, 6) is 2.80. The van der Waals surface area contributed by atoms with Crippen molar-refractivity contribution in [2.24, 2.45) is 11.8 Å². The summed E-state index contributed by atoms with van der Waals surface area (Å²) >= 11 is 0. The molecule has 4 aliphatic heterocycles. The van der Waals surface area contributed by atoms with Crippen molar-refractivity contribution >= 4 is 23.4 Å². The van der Waals surface area contributed by atoms with Crippen LogP contribution in [0.15, 0.2) is 33.1 Å². The zero-order chi connectivity index (χ0) is 44.6. The van der Waals surface area contributed by atoms with Gasteiger partial charge in [0.2, 0.25) is 23.4 Å². The van der Waals surface area contributed by atoms with Crippen molar-refractivity contribution < 1.29 is 32.7 Å². The maximum absolute atomic E-state index is 12.9. The van der Waals surface area contributed by atoms with Crippen molar-refractivity contribution in [3.8, 4) is 0 Å². The molecule has 0 bridgehead atoms. The van der Waals surface area contributed by atoms with Gasteiger partial charge in [0, 0.05) is 91.6 Å². The highest BCUT2D eigenvalue weighted by atomic mass is 16.5. The molecule has 2 aromatic heterocycles. The molecule has 4 saturated heterocycles. The highest BCUT2D eigenvalue weighted by Gasteiger charge is 2.31. The quantitative estimate of drug-likeness (QED) is 0.115. The fourth-order valence-electron chi connectivity index (χ4n) is 9.92. The minimum absolute atomic E-state index is 0.0289. The van der Waals surface area contributed by atoms with Gasteiger partial charge in [0.1, 0.15) is 11.5 Å². The van der Waals surface area contributed by atoms with E-state index < -0.39 is 0 Å². The molecule has 6 rings (SSSR count). The Morgan fingerprint density at radius 1 is 0.571 bits per heavy atom. The van der Waals surface area contributed by atoms with Gasteiger partial charge in [-0.1, -0.05) is 0 Å². The van der Waals surface area contributed by atoms with Crippen molar-refractivity contribution in [3.63, 3.8) is 0 Å². The van der Waals surface area contributed by atoms with E-state index in [9.17, 15) is 19.2 Å². The molecule has 2 atom stereocenters. The SMILES string of the molecule is CCN(CC)C(=O)[C@@H]1CCCN(Cc2ccc(C(=O)CNCCN3CCC(OC4CCN(CCNCC(=O)c5ccc(CN6CCC[C@@H](C(=O)N(CC)CC)C6)o5)CC4)CC3)o2)C1. The van der Waals surface area contributed by atoms with Gasteiger partial charge >= 0.3 is 0 Å². The van der Waals surface area contributed by atoms with Crippen LogP contribution in [0, 0.1) is 11.8 Å². The number of nitrogens with zero attached hydrogens (tertiary/aromatic N) is 6. The minimum atomic E-state index is -0.0389. The second-order valence-electron chi connectivity index (χ2n) is 18.1. The lowest BCUT2D eigenvalue weighted by Crippen LogP contribution is -2.44. The first-order valence-corrected chi connectivity index (χ1v) is 24.4. The summed E-state index contributed by atoms with van der Waals surface area (Å²) in [6, 6.07) is 7.35. The van der Waals surface area contributed by atoms with Crippen molar-refractivity contribution in [2.75, 3.05) is 118 Å². The third kappa shape index (κ3) is 14.8. The summed E-state index contributed by atoms with van der Waals surface area (Å²) in [6.07, 6.45) is 8.56. The fraction of sp³-hybridized carbons (Fsp3) is 0.750. The molecule has 0 unspecified atom stereocenters. The molecule has 2 aromatic rings. The molecule has 4 fully saturated rings. The van der Waals surface area contributed by atoms with Crippen LogP contribution in [-0.4, -0.2) is 183 Å². The molecule has 6 heterocycles. The third-order valence-electron chi connectivity index (χ3n) is 13.7. The monoisotopic (exact) mass is 879 g/mol. The molecule has 0 spiro atoms. The van der Waals surface area contributed by atoms with Crippen molar-refractivity contribution in [1.29, 1.82) is 0 Å². The van der Waals surface area contributed by atoms with Gasteiger partial charge in [-0.2, -0.15) is 0 Å². The first-order valence-electron chi connectivity index (χ1n) is 24.4. The van der Waals surface area contributed by atoms with Gasteiger partial charge in [0.15, 0.2) is 11.5 Å². The predicted octanol–water partition coefficient (Wildman–Crippen LogP) is 4.22. The molecule has 2 N–H and O–H groups in total. The normalized spacial score (nSPS) is 21.5. The lowest BCUT2D eigenvalue weighted by molar-refractivity contribution is -0.137. The zero-order valence-corrected chi connectivity index (χ0v) is 39.0. The molecule has 0 aliphatic carbocycles. The number of likely N-dealkylation sites (tertiary alicyclic amines) is 4. The number of rotatable bonds is 24. The number of hydrogen-bond donors (Lipinski definition) is 2. The van der Waals surface area contributed by atoms with E-state index >= 15 is 0 Å². The number of furan rings is 2. The van der Waals surface area contributed by atoms with Crippen LogP contribution in [0.25, 0.3) is 0 Å². The molecular formula is C48H78N8O7. The molecule has 0 saturated carbocycles. The number of piperidine rings is 4. The van der Waals surface area contributed by atoms with E-state index in [0.29, 0.717) is 36.8 Å². The number of Topliss-reactive ketones (excluding diaryl/α,β-unsaturated/α-hetero) is 2. The van der Waals surface area contributed by atoms with Gasteiger partial charge in [-0.3, -0.25) is 29.0 Å². The van der Waals surface area contributed by atoms with Crippen LogP contribution in [0.5, 0.6) is 0 Å². The molecule has 63 heavy (non-hydrogen) atoms. The van der Waals surface area contributed by atoms with Crippen LogP contribution < -0.4 is 10.6 Å². The zero-order valence-electron chi connectivity index (χ0n) is 39.0. The van der Waals surface area contributed by atoms with Gasteiger partial charge in [0.05, 0.1) is 50.2 Å². The summed E-state index contributed by atoms with van der Waals surface area (Å²) in [5.41, 5.74) is 0. The second-order valence-corrected chi connectivity index (χ2v) is 18.1. The highest BCUT2D eigenvalue weighted by Crippen LogP contribution is 2.24. The summed E-state index contributed by atoms with van der Waals surface area (Å²) in [6.45, 7) is 23.4. The molecule has 2 amide bonds. The first-order chi connectivity index (χ1) is 30.7. The Kier molecular flexibility index (Phi) is 19.7. The molecule has 4 aliphatic rings. The number of ether oxygens (including phenoxy) is 1. The van der Waals surface area contributed by atoms with Gasteiger partial charge in [-0.15, -0.1) is 0 Å². The minimum Gasteiger partial charge on any atom is -0.457 e. The molecule has 15 nitrogen and oxygen atoms in total. The van der Waals surface area contributed by atoms with Crippen LogP contribution >= 0.6 is 0 Å². The molecule has 0 aromatic carbocycles. The van der Waals surface area contributed by atoms with E-state index in [1.807, 2.05) is 49.6 Å². The van der Waals surface area contributed by atoms with Crippen LogP contribution in [0.4, 0.5) is 0 Å². The van der Waals surface area contributed by atoms with E-state index in [1.54, 1.807) is 12.1 Å². The third-order valence-corrected chi connectivity index (χ3v) is 13.7. The Balaban J connectivity index is 0.774. The second kappa shape index (κ2) is 25.3. The topological polar surface area (TPSA) is 147 Å². The Morgan fingerprint density at radius 3 is 1.35 bits per heavy atom. The highest BCUT2D eigenvalue weighted by molar-refractivity contribution is 5.95. The van der Waals surface area contributed by atoms with Crippen molar-refractivity contribution in [1.82, 2.24) is 40.0 Å². The van der Waals surface area contributed by atoms with Gasteiger partial charge in [-0.05, 0) is 116 Å². The molecule has 0 radical (unpaired) electrons. The molecular weight excluding hydrogens is 801 g/mol. The molecule has 352 valence electrons. The van der Waals surface area contributed by atoms with E-state index in [1.165, 1.54) is 0 Å². The summed E-state index contributed by atoms with van der Waals surface area (Å²) < 4.78 is 18.5. The lowest BCUT2D eigenvalue weighted by atomic mass is 9.96. The maximum Gasteiger partial charge on any atom is 0.226 e. The van der Waals surface area contributed by atoms with Gasteiger partial charge < -0.3 is 43.8 Å². The number of amides is 2. The fourth-order valence-corrected chi connectivity index (χ4v) is 9.92. The standard InChI is InChI=1S/C48H78N8O7/c1-5-55(6-2)47(59)37-11-9-23-53(33-37)35-41-13-15-45(62-41)43(57)31-49-21-29-51-25-17-39(18-26-51)61-40-19-27-52(28-20-40)30-22-50-32-44(58)46-16-14-42(63-46)36-54-24-10-12-38(34-54)48(60)56(7-3)8-4/h13-16,37-40,49-50H,5-12,17-36H2,1-4H3/t37-,38-/m1/s1. The summed E-state index contributed by atoms with van der Waals surface area (Å²) in [4.78, 5) is 64.9. The molecule has 15 heteroatoms. The summed E-state index contributed by atoms with van der Waals surface area (Å²) in [5, 5.41) is 6.64. The average Bonchev–Trinajstić information content (AvgIpc) is 3.99. The van der Waals surface area contributed by atoms with Gasteiger partial charge in [0.25, 0.3) is 0 Å². The Labute approximate surface area is 376 Å². The largest absolute Gasteiger partial charge is 0.457 e. The van der Waals surface area contributed by atoms with Crippen LogP contribution in [0.2, 0.25) is 0 Å². The number of nitrogens with one attached hydrogen (secondary N) is 2. The smallest absolute Gasteiger partial charge is 0.226 e.